The molecule has 0 fully saturated rings. The molecule has 68 heavy (non-hydrogen) atoms. The smallest absolute Gasteiger partial charge is 0.348 e. The Morgan fingerprint density at radius 2 is 1.22 bits per heavy atom. The number of fused-ring (bicyclic) bond motifs is 6. The second-order valence-corrected chi connectivity index (χ2v) is 18.3. The van der Waals surface area contributed by atoms with Crippen LogP contribution in [0.5, 0.6) is 0 Å². The second kappa shape index (κ2) is 25.3. The van der Waals surface area contributed by atoms with Crippen molar-refractivity contribution in [2.75, 3.05) is 36.5 Å². The molecule has 2 aliphatic rings. The summed E-state index contributed by atoms with van der Waals surface area (Å²) in [5.41, 5.74) is 4.08. The van der Waals surface area contributed by atoms with Crippen molar-refractivity contribution in [3.05, 3.63) is 161 Å². The number of esters is 2. The number of aromatic carboxylic acids is 1. The number of hydrogen-bond acceptors (Lipinski definition) is 14. The Morgan fingerprint density at radius 3 is 1.72 bits per heavy atom. The van der Waals surface area contributed by atoms with Crippen LogP contribution in [0.2, 0.25) is 0 Å². The van der Waals surface area contributed by atoms with Gasteiger partial charge in [0.1, 0.15) is 21.4 Å². The molecule has 0 saturated carbocycles. The maximum absolute atomic E-state index is 14.5. The van der Waals surface area contributed by atoms with E-state index >= 15 is 0 Å². The summed E-state index contributed by atoms with van der Waals surface area (Å²) in [7, 11) is 7.36. The molecule has 2 N–H and O–H groups in total. The Morgan fingerprint density at radius 1 is 0.750 bits per heavy atom. The topological polar surface area (TPSA) is 226 Å². The Hall–Kier alpha value is -6.17. The number of nitrogens with zero attached hydrogens (tertiary/aromatic N) is 3. The number of nitro benzene ring substituents is 2. The Kier molecular flexibility index (Phi) is 20.2. The molecule has 0 atom stereocenters. The predicted octanol–water partition coefficient (Wildman–Crippen LogP) is 11.5. The highest BCUT2D eigenvalue weighted by molar-refractivity contribution is 8.93. The number of nitro groups is 2. The van der Waals surface area contributed by atoms with Crippen LogP contribution in [-0.4, -0.2) is 69.3 Å². The van der Waals surface area contributed by atoms with Gasteiger partial charge in [0.15, 0.2) is 0 Å². The quantitative estimate of drug-likeness (QED) is 0.0627. The van der Waals surface area contributed by atoms with Crippen LogP contribution in [0.15, 0.2) is 97.1 Å². The number of carbonyl (C=O) groups excluding carboxylic acids is 3. The van der Waals surface area contributed by atoms with Crippen LogP contribution in [-0.2, 0) is 31.5 Å². The van der Waals surface area contributed by atoms with E-state index in [0.717, 1.165) is 65.0 Å². The first-order valence-corrected chi connectivity index (χ1v) is 24.1. The van der Waals surface area contributed by atoms with Crippen LogP contribution in [0.4, 0.5) is 31.5 Å². The van der Waals surface area contributed by atoms with E-state index in [1.165, 1.54) is 43.6 Å². The van der Waals surface area contributed by atoms with Crippen molar-refractivity contribution in [1.82, 2.24) is 0 Å². The molecule has 4 heterocycles. The molecule has 0 bridgehead atoms. The van der Waals surface area contributed by atoms with Crippen LogP contribution in [0.25, 0.3) is 20.9 Å². The molecule has 8 rings (SSSR count). The van der Waals surface area contributed by atoms with E-state index in [2.05, 4.69) is 38.8 Å². The number of nitrogens with one attached hydrogen (secondary N) is 1. The number of non-ortho nitro benzene ring substituents is 2. The van der Waals surface area contributed by atoms with E-state index in [-0.39, 0.29) is 47.6 Å². The van der Waals surface area contributed by atoms with Gasteiger partial charge in [-0.15, -0.1) is 39.7 Å². The molecule has 0 radical (unpaired) electrons. The van der Waals surface area contributed by atoms with Crippen molar-refractivity contribution in [2.45, 2.75) is 26.7 Å². The summed E-state index contributed by atoms with van der Waals surface area (Å²) in [6.45, 7) is 5.42. The Bertz CT molecular complexity index is 2880. The van der Waals surface area contributed by atoms with Crippen molar-refractivity contribution in [3.63, 3.8) is 0 Å². The van der Waals surface area contributed by atoms with Crippen LogP contribution < -0.4 is 10.2 Å². The zero-order valence-electron chi connectivity index (χ0n) is 35.4. The number of thiophene rings is 2. The predicted molar refractivity (Wildman–Crippen MR) is 262 cm³/mol. The van der Waals surface area contributed by atoms with Gasteiger partial charge in [-0.1, -0.05) is 36.4 Å². The third kappa shape index (κ3) is 13.7. The fourth-order valence-corrected chi connectivity index (χ4v) is 8.93. The number of benzene rings is 4. The number of carboxylic acid groups (broad SMARTS) is 1. The summed E-state index contributed by atoms with van der Waals surface area (Å²) < 4.78 is 46.6. The van der Waals surface area contributed by atoms with Crippen LogP contribution in [0.3, 0.4) is 0 Å². The molecule has 1 amide bonds. The number of amides is 1. The molecule has 0 aliphatic carbocycles. The number of ether oxygens (including phenoxy) is 2. The largest absolute Gasteiger partial charge is 0.478 e. The van der Waals surface area contributed by atoms with Crippen molar-refractivity contribution in [3.8, 4) is 20.9 Å². The summed E-state index contributed by atoms with van der Waals surface area (Å²) in [6, 6.07) is 24.5. The van der Waals surface area contributed by atoms with Crippen molar-refractivity contribution in [2.24, 2.45) is 0 Å². The number of hydrogen-bond donors (Lipinski definition) is 2. The highest BCUT2D eigenvalue weighted by Crippen LogP contribution is 2.43. The van der Waals surface area contributed by atoms with Gasteiger partial charge in [-0.25, -0.2) is 27.4 Å². The van der Waals surface area contributed by atoms with Crippen LogP contribution >= 0.6 is 61.0 Å². The minimum absolute atomic E-state index is 0. The fraction of sp³-hybridized carbons (Fsp3) is 0.182. The highest BCUT2D eigenvalue weighted by Gasteiger charge is 2.30. The van der Waals surface area contributed by atoms with Gasteiger partial charge < -0.3 is 24.8 Å². The third-order valence-electron chi connectivity index (χ3n) is 9.53. The van der Waals surface area contributed by atoms with Gasteiger partial charge in [0.2, 0.25) is 9.23 Å². The number of halogens is 5. The highest BCUT2D eigenvalue weighted by atomic mass is 79.9. The normalized spacial score (nSPS) is 11.7. The first-order chi connectivity index (χ1) is 31.9. The zero-order chi connectivity index (χ0) is 48.9. The minimum atomic E-state index is -1.67. The second-order valence-electron chi connectivity index (χ2n) is 13.6. The van der Waals surface area contributed by atoms with E-state index in [4.69, 9.17) is 18.8 Å². The standard InChI is InChI=1S/C22H17FN2O5S.C15H15NO2S.C7H4FNO4.BrH.Cl2OS/c1-2-30-22(27)19-11-13-9-10-24(18-6-4-3-5-16(18)20(13)31-19)21(26)15-8-7-14(25(28)29)12-17(15)23;1-2-18-15(17)13-9-10-7-8-16-12-6-4-3-5-11(12)14(10)19-13;8-6-3-4(9(12)13)1-2-5(6)7(10)11;;1-4(2)3/h3-8,11-12H,2,9-10H2,1H3;3-6,9,16H,2,7-8H2,1H3;1-3H,(H,10,11);1H;. The molecule has 0 unspecified atom stereocenters. The number of para-hydroxylation sites is 2. The van der Waals surface area contributed by atoms with Crippen LogP contribution in [0, 0.1) is 31.9 Å². The van der Waals surface area contributed by atoms with Crippen molar-refractivity contribution in [1.29, 1.82) is 0 Å². The third-order valence-corrected chi connectivity index (χ3v) is 11.9. The first kappa shape index (κ1) is 54.4. The number of carbonyl (C=O) groups is 4. The molecule has 2 aliphatic heterocycles. The average Bonchev–Trinajstić information content (AvgIpc) is 3.83. The molecule has 24 heteroatoms. The number of carboxylic acids is 1. The molecule has 358 valence electrons. The average molecular weight is 1100 g/mol. The molecule has 0 spiro atoms. The first-order valence-electron chi connectivity index (χ1n) is 19.6. The molecule has 4 aromatic carbocycles. The van der Waals surface area contributed by atoms with E-state index < -0.39 is 59.5 Å². The van der Waals surface area contributed by atoms with Crippen molar-refractivity contribution < 1.29 is 56.6 Å². The van der Waals surface area contributed by atoms with E-state index in [9.17, 15) is 48.2 Å². The Balaban J connectivity index is 0.000000232. The maximum Gasteiger partial charge on any atom is 0.348 e. The lowest BCUT2D eigenvalue weighted by Crippen LogP contribution is -2.33. The molecule has 16 nitrogen and oxygen atoms in total. The fourth-order valence-electron chi connectivity index (χ4n) is 6.65. The monoisotopic (exact) mass is 1100 g/mol. The summed E-state index contributed by atoms with van der Waals surface area (Å²) in [5, 5.41) is 32.8. The SMILES string of the molecule is Br.CCOC(=O)c1cc2c(s1)-c1ccccc1N(C(=O)c1ccc([N+](=O)[O-])cc1F)CC2.CCOC(=O)c1cc2c(s1)-c1ccccc1NCC2.O=C(O)c1ccc([N+](=O)[O-])cc1F.O=S(Cl)Cl. The number of anilines is 2. The zero-order valence-corrected chi connectivity index (χ0v) is 41.1. The van der Waals surface area contributed by atoms with Gasteiger partial charge in [0.25, 0.3) is 17.3 Å². The lowest BCUT2D eigenvalue weighted by molar-refractivity contribution is -0.385. The van der Waals surface area contributed by atoms with E-state index in [0.29, 0.717) is 34.5 Å². The molecule has 2 aromatic heterocycles. The van der Waals surface area contributed by atoms with Gasteiger partial charge >= 0.3 is 17.9 Å². The summed E-state index contributed by atoms with van der Waals surface area (Å²) >= 11 is 2.82. The van der Waals surface area contributed by atoms with E-state index in [1.54, 1.807) is 25.1 Å². The lowest BCUT2D eigenvalue weighted by Gasteiger charge is -2.23. The maximum atomic E-state index is 14.5. The van der Waals surface area contributed by atoms with Crippen molar-refractivity contribution >= 4 is 117 Å². The molecule has 0 saturated heterocycles. The molecular formula is C44H37BrCl2F2N4O12S3. The minimum Gasteiger partial charge on any atom is -0.478 e. The van der Waals surface area contributed by atoms with Gasteiger partial charge in [-0.05, 0) is 74.2 Å². The van der Waals surface area contributed by atoms with Gasteiger partial charge in [-0.3, -0.25) is 25.0 Å². The number of rotatable bonds is 8. The summed E-state index contributed by atoms with van der Waals surface area (Å²) in [5.74, 6) is -4.69. The lowest BCUT2D eigenvalue weighted by atomic mass is 10.1. The molecular weight excluding hydrogens is 1060 g/mol. The van der Waals surface area contributed by atoms with E-state index in [1.807, 2.05) is 37.3 Å². The van der Waals surface area contributed by atoms with Gasteiger partial charge in [0.05, 0.1) is 52.0 Å². The Labute approximate surface area is 415 Å². The molecule has 6 aromatic rings. The van der Waals surface area contributed by atoms with Crippen LogP contribution in [0.1, 0.15) is 65.0 Å². The summed E-state index contributed by atoms with van der Waals surface area (Å²) in [4.78, 5) is 71.7. The summed E-state index contributed by atoms with van der Waals surface area (Å²) in [6.07, 6.45) is 1.39. The van der Waals surface area contributed by atoms with Gasteiger partial charge in [-0.2, -0.15) is 0 Å². The van der Waals surface area contributed by atoms with Gasteiger partial charge in [0, 0.05) is 73.2 Å².